The van der Waals surface area contributed by atoms with E-state index in [0.29, 0.717) is 74.2 Å². The molecule has 0 amide bonds. The van der Waals surface area contributed by atoms with Gasteiger partial charge in [0.15, 0.2) is 23.3 Å². The number of aromatic carboxylic acids is 9. The van der Waals surface area contributed by atoms with E-state index in [1.807, 2.05) is 79.9 Å². The van der Waals surface area contributed by atoms with Crippen LogP contribution in [0, 0.1) is 36.1 Å². The van der Waals surface area contributed by atoms with E-state index < -0.39 is 94.7 Å². The summed E-state index contributed by atoms with van der Waals surface area (Å²) in [5.74, 6) is -13.3. The van der Waals surface area contributed by atoms with Crippen molar-refractivity contribution >= 4 is 116 Å². The lowest BCUT2D eigenvalue weighted by molar-refractivity contribution is 0.0686. The number of benzene rings is 11. The van der Waals surface area contributed by atoms with E-state index in [1.54, 1.807) is 181 Å². The fourth-order valence-electron chi connectivity index (χ4n) is 13.7. The Morgan fingerprint density at radius 1 is 0.320 bits per heavy atom. The quantitative estimate of drug-likeness (QED) is 0.0132. The molecule has 0 aliphatic heterocycles. The van der Waals surface area contributed by atoms with Crippen LogP contribution < -0.4 is 47.9 Å². The Bertz CT molecular complexity index is 6140. The molecule has 2 saturated carbocycles. The zero-order valence-electron chi connectivity index (χ0n) is 80.1. The van der Waals surface area contributed by atoms with Gasteiger partial charge in [-0.2, -0.15) is 0 Å². The maximum absolute atomic E-state index is 13.7. The van der Waals surface area contributed by atoms with E-state index in [1.165, 1.54) is 90.8 Å². The molecule has 27 nitrogen and oxygen atoms in total. The lowest BCUT2D eigenvalue weighted by atomic mass is 9.93. The Morgan fingerprint density at radius 2 is 0.599 bits per heavy atom. The standard InChI is InChI=1S/C15H11F4NO2.C14H13NO2.2C13H13NO2.C12H11NO2S.C12H15NO2.C12H17NO2.C11H13NO2.C10H13NO2.3CH4/c1-7-11(16)13(18)10(14(19)12(7)17)6-20-9-4-2-8(3-5-9)15(21)22;16-14(17)12-6-8-13(9-7-12)15-10-11-4-2-1-3-5-11;2*15-13(16)11-5-7-12(8-6-11)14-9-10-3-1-2-4-10;14-12(15)9-3-5-10(6-4-9)13-8-11-2-1-7-16-11;14-12(15)9-5-7-11(8-6-9)13-10-3-1-2-4-10;1-9(2)7-8-13-11-5-3-10(4-6-11)12(14)15;13-11(14)8-4-6-10(7-5-8)12-9-2-1-3-9;1-7(2)11-9-5-3-8(4-6-9)10(12)13;;;/h2-5,20H,6H2,1H3,(H,21,22);1-9,15H,10H2,(H,16,17);2*1,3-8,14H,2,9H2,(H,15,16);1-7,13H,8H2,(H,14,15);5-8,10,13H,1-4H2,(H,14,15);3-6,9,13H,7-8H2,1-2H3,(H,14,15);4-7,9,12H,1-3H2,(H,13,14);3-7,11H,1-2H3,(H,12,13);3*1H4. The Balaban J connectivity index is 0.000000291. The molecular weight excluding hydrogens is 1900 g/mol. The molecule has 0 atom stereocenters. The second kappa shape index (κ2) is 64.0. The normalized spacial score (nSPS) is 11.9. The molecular formula is C115H131F4N9O18S. The van der Waals surface area contributed by atoms with Crippen LogP contribution >= 0.6 is 11.3 Å². The zero-order chi connectivity index (χ0) is 104. The van der Waals surface area contributed by atoms with Crippen molar-refractivity contribution in [3.05, 3.63) is 409 Å². The van der Waals surface area contributed by atoms with Crippen molar-refractivity contribution < 1.29 is 107 Å². The van der Waals surface area contributed by atoms with Crippen molar-refractivity contribution in [2.45, 2.75) is 159 Å². The minimum atomic E-state index is -1.45. The number of carbonyl (C=O) groups is 9. The molecule has 2 fully saturated rings. The Labute approximate surface area is 859 Å². The number of nitrogens with one attached hydrogen (secondary N) is 9. The maximum Gasteiger partial charge on any atom is 0.335 e. The van der Waals surface area contributed by atoms with Crippen molar-refractivity contribution in [2.24, 2.45) is 5.92 Å². The first-order valence-corrected chi connectivity index (χ1v) is 47.2. The van der Waals surface area contributed by atoms with E-state index in [4.69, 9.17) is 46.0 Å². The van der Waals surface area contributed by atoms with Crippen LogP contribution in [0.2, 0.25) is 0 Å². The molecule has 4 aliphatic rings. The van der Waals surface area contributed by atoms with Crippen LogP contribution in [-0.4, -0.2) is 137 Å². The summed E-state index contributed by atoms with van der Waals surface area (Å²) in [7, 11) is 0. The smallest absolute Gasteiger partial charge is 0.335 e. The summed E-state index contributed by atoms with van der Waals surface area (Å²) in [5.41, 5.74) is 12.8. The number of anilines is 9. The predicted octanol–water partition coefficient (Wildman–Crippen LogP) is 27.3. The van der Waals surface area contributed by atoms with E-state index in [9.17, 15) is 60.7 Å². The van der Waals surface area contributed by atoms with E-state index in [-0.39, 0.29) is 27.8 Å². The minimum absolute atomic E-state index is 0. The summed E-state index contributed by atoms with van der Waals surface area (Å²) in [6.45, 7) is 12.9. The first-order valence-electron chi connectivity index (χ1n) is 46.4. The second-order valence-electron chi connectivity index (χ2n) is 33.8. The molecule has 0 spiro atoms. The largest absolute Gasteiger partial charge is 0.478 e. The third kappa shape index (κ3) is 43.9. The molecule has 11 aromatic carbocycles. The number of hydrogen-bond acceptors (Lipinski definition) is 19. The summed E-state index contributed by atoms with van der Waals surface area (Å²) >= 11 is 1.69. The lowest BCUT2D eigenvalue weighted by Gasteiger charge is -2.27. The van der Waals surface area contributed by atoms with Gasteiger partial charge in [0.05, 0.1) is 50.1 Å². The Kier molecular flexibility index (Phi) is 52.5. The van der Waals surface area contributed by atoms with Crippen molar-refractivity contribution in [3.8, 4) is 0 Å². The van der Waals surface area contributed by atoms with Crippen molar-refractivity contribution in [2.75, 3.05) is 67.5 Å². The van der Waals surface area contributed by atoms with Crippen LogP contribution in [0.4, 0.5) is 68.7 Å². The van der Waals surface area contributed by atoms with E-state index >= 15 is 0 Å². The van der Waals surface area contributed by atoms with Crippen molar-refractivity contribution in [3.63, 3.8) is 0 Å². The number of allylic oxidation sites excluding steroid dienone is 4. The highest BCUT2D eigenvalue weighted by Crippen LogP contribution is 2.29. The lowest BCUT2D eigenvalue weighted by Crippen LogP contribution is -2.26. The van der Waals surface area contributed by atoms with E-state index in [0.717, 1.165) is 104 Å². The fraction of sp³-hybridized carbons (Fsp3) is 0.243. The molecule has 32 heteroatoms. The molecule has 12 aromatic rings. The maximum atomic E-state index is 13.7. The van der Waals surface area contributed by atoms with Gasteiger partial charge in [-0.05, 0) is 325 Å². The first kappa shape index (κ1) is 121. The summed E-state index contributed by atoms with van der Waals surface area (Å²) in [5, 5.41) is 109. The average molecular weight is 2040 g/mol. The number of carboxylic acids is 9. The molecule has 0 radical (unpaired) electrons. The zero-order valence-corrected chi connectivity index (χ0v) is 80.9. The van der Waals surface area contributed by atoms with Crippen LogP contribution in [0.3, 0.4) is 0 Å². The van der Waals surface area contributed by atoms with Crippen molar-refractivity contribution in [1.29, 1.82) is 0 Å². The molecule has 1 heterocycles. The second-order valence-corrected chi connectivity index (χ2v) is 34.8. The van der Waals surface area contributed by atoms with Gasteiger partial charge in [-0.15, -0.1) is 11.3 Å². The predicted molar refractivity (Wildman–Crippen MR) is 579 cm³/mol. The molecule has 0 saturated heterocycles. The molecule has 147 heavy (non-hydrogen) atoms. The Morgan fingerprint density at radius 3 is 0.864 bits per heavy atom. The molecule has 778 valence electrons. The number of hydrogen-bond donors (Lipinski definition) is 18. The van der Waals surface area contributed by atoms with Gasteiger partial charge in [-0.25, -0.2) is 60.7 Å². The monoisotopic (exact) mass is 2030 g/mol. The summed E-state index contributed by atoms with van der Waals surface area (Å²) in [6, 6.07) is 75.3. The van der Waals surface area contributed by atoms with Gasteiger partial charge < -0.3 is 93.8 Å². The highest BCUT2D eigenvalue weighted by atomic mass is 32.1. The van der Waals surface area contributed by atoms with Gasteiger partial charge in [0.2, 0.25) is 0 Å². The number of rotatable bonds is 34. The van der Waals surface area contributed by atoms with Crippen LogP contribution in [0.25, 0.3) is 0 Å². The fourth-order valence-corrected chi connectivity index (χ4v) is 14.3. The number of carboxylic acid groups (broad SMARTS) is 9. The molecule has 18 N–H and O–H groups in total. The highest BCUT2D eigenvalue weighted by Gasteiger charge is 2.24. The summed E-state index contributed by atoms with van der Waals surface area (Å²) in [6.07, 6.45) is 24.7. The first-order chi connectivity index (χ1) is 69.0. The van der Waals surface area contributed by atoms with Gasteiger partial charge in [0.1, 0.15) is 0 Å². The van der Waals surface area contributed by atoms with Crippen LogP contribution in [0.5, 0.6) is 0 Å². The van der Waals surface area contributed by atoms with E-state index in [2.05, 4.69) is 104 Å². The number of halogens is 4. The van der Waals surface area contributed by atoms with Gasteiger partial charge in [-0.3, -0.25) is 0 Å². The summed E-state index contributed by atoms with van der Waals surface area (Å²) in [4.78, 5) is 96.9. The van der Waals surface area contributed by atoms with Crippen LogP contribution in [-0.2, 0) is 19.6 Å². The van der Waals surface area contributed by atoms with Crippen molar-refractivity contribution in [1.82, 2.24) is 0 Å². The SMILES string of the molecule is C.C.C.CC(C)CCNc1ccc(C(=O)O)cc1.CC(C)Nc1ccc(C(=O)O)cc1.Cc1c(F)c(F)c(CNc2ccc(C(=O)O)cc2)c(F)c1F.O=C(O)c1ccc(NC2CCC2)cc1.O=C(O)c1ccc(NC2CCCC2)cc1.O=C(O)c1ccc(NCC2=CCC=C2)cc1.O=C(O)c1ccc(NCC2=CCC=C2)cc1.O=C(O)c1ccc(NCc2ccccc2)cc1.O=C(O)c1ccc(NCc2cccs2)cc1. The van der Waals surface area contributed by atoms with Crippen LogP contribution in [0.1, 0.15) is 229 Å². The third-order valence-corrected chi connectivity index (χ3v) is 22.9. The molecule has 16 rings (SSSR count). The molecule has 4 aliphatic carbocycles. The molecule has 0 bridgehead atoms. The summed E-state index contributed by atoms with van der Waals surface area (Å²) < 4.78 is 54.2. The Hall–Kier alpha value is -16.8. The molecule has 1 aromatic heterocycles. The topological polar surface area (TPSA) is 444 Å². The average Bonchev–Trinajstić information content (AvgIpc) is 1.55. The third-order valence-electron chi connectivity index (χ3n) is 22.0. The van der Waals surface area contributed by atoms with Crippen LogP contribution in [0.15, 0.2) is 314 Å². The van der Waals surface area contributed by atoms with Gasteiger partial charge in [0.25, 0.3) is 0 Å². The number of thiophene rings is 1. The minimum Gasteiger partial charge on any atom is -0.478 e. The van der Waals surface area contributed by atoms with Gasteiger partial charge in [0, 0.05) is 125 Å². The highest BCUT2D eigenvalue weighted by molar-refractivity contribution is 7.09. The van der Waals surface area contributed by atoms with Gasteiger partial charge in [-0.1, -0.05) is 122 Å². The van der Waals surface area contributed by atoms with Gasteiger partial charge >= 0.3 is 53.7 Å². The molecule has 0 unspecified atom stereocenters.